The van der Waals surface area contributed by atoms with Crippen LogP contribution in [0, 0.1) is 0 Å². The second kappa shape index (κ2) is 7.68. The molecule has 3 heteroatoms. The van der Waals surface area contributed by atoms with Crippen molar-refractivity contribution < 1.29 is 4.42 Å². The van der Waals surface area contributed by atoms with Crippen LogP contribution in [-0.4, -0.2) is 31.1 Å². The van der Waals surface area contributed by atoms with Gasteiger partial charge in [-0.25, -0.2) is 0 Å². The molecule has 0 bridgehead atoms. The predicted octanol–water partition coefficient (Wildman–Crippen LogP) is 4.33. The lowest BCUT2D eigenvalue weighted by Crippen LogP contribution is -2.32. The standard InChI is InChI=1S/C22H24N2O/c1-2-6-18(7-3-1)19-9-11-20(12-10-19)22(21-8-4-17-25-21)24-15-5-13-23-14-16-24/h1-4,6-12,17,22-23H,5,13-16H2. The number of rotatable bonds is 4. The molecule has 1 aliphatic heterocycles. The first kappa shape index (κ1) is 16.1. The molecule has 1 aliphatic rings. The van der Waals surface area contributed by atoms with Crippen LogP contribution in [0.5, 0.6) is 0 Å². The Morgan fingerprint density at radius 3 is 2.36 bits per heavy atom. The first-order chi connectivity index (χ1) is 12.4. The Kier molecular flexibility index (Phi) is 4.96. The molecule has 1 saturated heterocycles. The second-order valence-corrected chi connectivity index (χ2v) is 6.55. The van der Waals surface area contributed by atoms with Crippen molar-refractivity contribution in [3.63, 3.8) is 0 Å². The van der Waals surface area contributed by atoms with E-state index < -0.39 is 0 Å². The summed E-state index contributed by atoms with van der Waals surface area (Å²) in [5.74, 6) is 1.02. The van der Waals surface area contributed by atoms with E-state index in [0.29, 0.717) is 0 Å². The average molecular weight is 332 g/mol. The summed E-state index contributed by atoms with van der Waals surface area (Å²) in [6, 6.07) is 23.7. The van der Waals surface area contributed by atoms with E-state index in [0.717, 1.165) is 31.9 Å². The van der Waals surface area contributed by atoms with Crippen LogP contribution in [0.25, 0.3) is 11.1 Å². The minimum Gasteiger partial charge on any atom is -0.467 e. The topological polar surface area (TPSA) is 28.4 Å². The average Bonchev–Trinajstić information content (AvgIpc) is 3.06. The van der Waals surface area contributed by atoms with E-state index in [2.05, 4.69) is 70.9 Å². The summed E-state index contributed by atoms with van der Waals surface area (Å²) >= 11 is 0. The van der Waals surface area contributed by atoms with Gasteiger partial charge in [-0.15, -0.1) is 0 Å². The van der Waals surface area contributed by atoms with Gasteiger partial charge in [-0.1, -0.05) is 54.6 Å². The molecule has 2 heterocycles. The monoisotopic (exact) mass is 332 g/mol. The molecule has 0 saturated carbocycles. The molecule has 3 aromatic rings. The molecular weight excluding hydrogens is 308 g/mol. The molecule has 1 N–H and O–H groups in total. The number of hydrogen-bond acceptors (Lipinski definition) is 3. The Bertz CT molecular complexity index is 758. The molecular formula is C22H24N2O. The van der Waals surface area contributed by atoms with Crippen LogP contribution >= 0.6 is 0 Å². The second-order valence-electron chi connectivity index (χ2n) is 6.55. The highest BCUT2D eigenvalue weighted by Crippen LogP contribution is 2.31. The van der Waals surface area contributed by atoms with Crippen molar-refractivity contribution in [2.45, 2.75) is 12.5 Å². The molecule has 1 aromatic heterocycles. The lowest BCUT2D eigenvalue weighted by atomic mass is 9.98. The summed E-state index contributed by atoms with van der Waals surface area (Å²) in [7, 11) is 0. The Morgan fingerprint density at radius 2 is 1.60 bits per heavy atom. The van der Waals surface area contributed by atoms with E-state index in [-0.39, 0.29) is 6.04 Å². The van der Waals surface area contributed by atoms with E-state index >= 15 is 0 Å². The summed E-state index contributed by atoms with van der Waals surface area (Å²) in [5, 5.41) is 3.49. The van der Waals surface area contributed by atoms with Crippen molar-refractivity contribution in [2.24, 2.45) is 0 Å². The highest BCUT2D eigenvalue weighted by molar-refractivity contribution is 5.63. The van der Waals surface area contributed by atoms with Gasteiger partial charge in [0.2, 0.25) is 0 Å². The lowest BCUT2D eigenvalue weighted by Gasteiger charge is -2.29. The molecule has 2 aromatic carbocycles. The fourth-order valence-electron chi connectivity index (χ4n) is 3.62. The summed E-state index contributed by atoms with van der Waals surface area (Å²) in [6.07, 6.45) is 2.94. The van der Waals surface area contributed by atoms with Crippen LogP contribution in [0.2, 0.25) is 0 Å². The normalized spacial score (nSPS) is 17.1. The highest BCUT2D eigenvalue weighted by atomic mass is 16.3. The molecule has 25 heavy (non-hydrogen) atoms. The summed E-state index contributed by atoms with van der Waals surface area (Å²) in [6.45, 7) is 4.23. The molecule has 0 aliphatic carbocycles. The fourth-order valence-corrected chi connectivity index (χ4v) is 3.62. The molecule has 0 spiro atoms. The summed E-state index contributed by atoms with van der Waals surface area (Å²) in [4.78, 5) is 2.52. The molecule has 0 amide bonds. The minimum atomic E-state index is 0.180. The van der Waals surface area contributed by atoms with Gasteiger partial charge in [0.25, 0.3) is 0 Å². The molecule has 3 nitrogen and oxygen atoms in total. The van der Waals surface area contributed by atoms with Crippen molar-refractivity contribution in [1.29, 1.82) is 0 Å². The first-order valence-corrected chi connectivity index (χ1v) is 9.05. The zero-order valence-corrected chi connectivity index (χ0v) is 14.4. The minimum absolute atomic E-state index is 0.180. The fraction of sp³-hybridized carbons (Fsp3) is 0.273. The van der Waals surface area contributed by atoms with Gasteiger partial charge in [0.05, 0.1) is 12.3 Å². The third kappa shape index (κ3) is 3.68. The number of furan rings is 1. The Labute approximate surface area is 149 Å². The first-order valence-electron chi connectivity index (χ1n) is 9.05. The maximum Gasteiger partial charge on any atom is 0.125 e. The SMILES string of the molecule is c1ccc(-c2ccc(C(c3ccco3)N3CCCNCC3)cc2)cc1. The van der Waals surface area contributed by atoms with Crippen LogP contribution in [0.15, 0.2) is 77.4 Å². The summed E-state index contributed by atoms with van der Waals surface area (Å²) in [5.41, 5.74) is 3.79. The lowest BCUT2D eigenvalue weighted by molar-refractivity contribution is 0.216. The molecule has 1 unspecified atom stereocenters. The van der Waals surface area contributed by atoms with E-state index in [4.69, 9.17) is 4.42 Å². The number of nitrogens with zero attached hydrogens (tertiary/aromatic N) is 1. The van der Waals surface area contributed by atoms with Crippen molar-refractivity contribution in [2.75, 3.05) is 26.2 Å². The molecule has 1 atom stereocenters. The van der Waals surface area contributed by atoms with Gasteiger partial charge in [-0.05, 0) is 41.8 Å². The van der Waals surface area contributed by atoms with Crippen LogP contribution in [0.4, 0.5) is 0 Å². The highest BCUT2D eigenvalue weighted by Gasteiger charge is 2.25. The van der Waals surface area contributed by atoms with Gasteiger partial charge in [-0.2, -0.15) is 0 Å². The van der Waals surface area contributed by atoms with Gasteiger partial charge in [-0.3, -0.25) is 4.90 Å². The molecule has 0 radical (unpaired) electrons. The van der Waals surface area contributed by atoms with Gasteiger partial charge in [0, 0.05) is 19.6 Å². The quantitative estimate of drug-likeness (QED) is 0.771. The van der Waals surface area contributed by atoms with Gasteiger partial charge < -0.3 is 9.73 Å². The smallest absolute Gasteiger partial charge is 0.125 e. The van der Waals surface area contributed by atoms with Crippen LogP contribution in [0.3, 0.4) is 0 Å². The molecule has 1 fully saturated rings. The maximum atomic E-state index is 5.80. The zero-order valence-electron chi connectivity index (χ0n) is 14.4. The molecule has 128 valence electrons. The van der Waals surface area contributed by atoms with Gasteiger partial charge in [0.1, 0.15) is 5.76 Å². The van der Waals surface area contributed by atoms with E-state index in [9.17, 15) is 0 Å². The Morgan fingerprint density at radius 1 is 0.800 bits per heavy atom. The van der Waals surface area contributed by atoms with E-state index in [1.165, 1.54) is 23.1 Å². The zero-order chi connectivity index (χ0) is 16.9. The Hall–Kier alpha value is -2.36. The van der Waals surface area contributed by atoms with Crippen LogP contribution in [0.1, 0.15) is 23.8 Å². The number of benzene rings is 2. The summed E-state index contributed by atoms with van der Waals surface area (Å²) < 4.78 is 5.80. The number of hydrogen-bond donors (Lipinski definition) is 1. The van der Waals surface area contributed by atoms with Gasteiger partial charge >= 0.3 is 0 Å². The Balaban J connectivity index is 1.65. The van der Waals surface area contributed by atoms with Crippen LogP contribution in [-0.2, 0) is 0 Å². The van der Waals surface area contributed by atoms with Crippen molar-refractivity contribution in [1.82, 2.24) is 10.2 Å². The van der Waals surface area contributed by atoms with Crippen molar-refractivity contribution in [3.8, 4) is 11.1 Å². The van der Waals surface area contributed by atoms with Crippen molar-refractivity contribution in [3.05, 3.63) is 84.3 Å². The van der Waals surface area contributed by atoms with Crippen LogP contribution < -0.4 is 5.32 Å². The molecule has 4 rings (SSSR count). The largest absolute Gasteiger partial charge is 0.467 e. The van der Waals surface area contributed by atoms with E-state index in [1.54, 1.807) is 6.26 Å². The third-order valence-electron chi connectivity index (χ3n) is 4.89. The third-order valence-corrected chi connectivity index (χ3v) is 4.89. The van der Waals surface area contributed by atoms with Crippen molar-refractivity contribution >= 4 is 0 Å². The van der Waals surface area contributed by atoms with Gasteiger partial charge in [0.15, 0.2) is 0 Å². The number of nitrogens with one attached hydrogen (secondary N) is 1. The predicted molar refractivity (Wildman–Crippen MR) is 101 cm³/mol. The van der Waals surface area contributed by atoms with E-state index in [1.807, 2.05) is 6.07 Å². The maximum absolute atomic E-state index is 5.80.